The number of nitroso groups, excluding NO2 is 1. The van der Waals surface area contributed by atoms with Gasteiger partial charge >= 0.3 is 40.2 Å². The van der Waals surface area contributed by atoms with Crippen molar-refractivity contribution in [2.45, 2.75) is 0 Å². The molecule has 0 fully saturated rings. The molecule has 0 spiro atoms. The van der Waals surface area contributed by atoms with Crippen molar-refractivity contribution in [2.24, 2.45) is 3.92 Å². The topological polar surface area (TPSA) is 72.6 Å². The number of nitrogens with zero attached hydrogens (tertiary/aromatic N) is 2. The molecule has 0 rings (SSSR count). The van der Waals surface area contributed by atoms with Gasteiger partial charge in [-0.25, -0.2) is 0 Å². The number of nitro groups is 1. The molecular formula is N2O3Ru. The van der Waals surface area contributed by atoms with Crippen molar-refractivity contribution in [1.29, 1.82) is 0 Å². The first-order chi connectivity index (χ1) is 2.77. The first kappa shape index (κ1) is 5.62. The molecule has 0 unspecified atom stereocenters. The van der Waals surface area contributed by atoms with E-state index in [1.54, 1.807) is 0 Å². The SMILES string of the molecule is O=[N][Ru][N+](=O)[O-]. The minimum absolute atomic E-state index is 0.709. The van der Waals surface area contributed by atoms with Crippen LogP contribution in [0.5, 0.6) is 0 Å². The molecular weight excluding hydrogens is 177 g/mol. The molecule has 0 N–H and O–H groups in total. The quantitative estimate of drug-likeness (QED) is 0.256. The van der Waals surface area contributed by atoms with Crippen molar-refractivity contribution in [3.8, 4) is 0 Å². The van der Waals surface area contributed by atoms with Gasteiger partial charge in [-0.2, -0.15) is 0 Å². The molecule has 0 bridgehead atoms. The molecule has 6 heteroatoms. The van der Waals surface area contributed by atoms with Crippen LogP contribution in [0.2, 0.25) is 0 Å². The van der Waals surface area contributed by atoms with E-state index in [0.717, 1.165) is 0 Å². The van der Waals surface area contributed by atoms with Crippen LogP contribution in [0.25, 0.3) is 0 Å². The van der Waals surface area contributed by atoms with E-state index in [2.05, 4.69) is 3.92 Å². The summed E-state index contributed by atoms with van der Waals surface area (Å²) < 4.78 is 1.37. The monoisotopic (exact) mass is 178 g/mol. The number of rotatable bonds is 2. The molecule has 0 aliphatic heterocycles. The summed E-state index contributed by atoms with van der Waals surface area (Å²) in [6.07, 6.45) is 0. The number of hydrogen-bond acceptors (Lipinski definition) is 4. The predicted octanol–water partition coefficient (Wildman–Crippen LogP) is -0.0580. The van der Waals surface area contributed by atoms with E-state index in [-0.39, 0.29) is 0 Å². The average Bonchev–Trinajstić information content (AvgIpc) is 1.35. The van der Waals surface area contributed by atoms with E-state index in [4.69, 9.17) is 15.0 Å². The van der Waals surface area contributed by atoms with Crippen molar-refractivity contribution >= 4 is 0 Å². The van der Waals surface area contributed by atoms with Gasteiger partial charge in [-0.1, -0.05) is 0 Å². The summed E-state index contributed by atoms with van der Waals surface area (Å²) in [7, 11) is 0. The molecule has 0 atom stereocenters. The van der Waals surface area contributed by atoms with Gasteiger partial charge in [0.25, 0.3) is 0 Å². The molecule has 0 saturated heterocycles. The van der Waals surface area contributed by atoms with Crippen LogP contribution in [-0.4, -0.2) is 3.67 Å². The zero-order valence-corrected chi connectivity index (χ0v) is 4.21. The van der Waals surface area contributed by atoms with E-state index >= 15 is 0 Å². The van der Waals surface area contributed by atoms with Gasteiger partial charge < -0.3 is 0 Å². The molecule has 0 heterocycles. The summed E-state index contributed by atoms with van der Waals surface area (Å²) >= 11 is -1.49. The van der Waals surface area contributed by atoms with Gasteiger partial charge in [0.15, 0.2) is 0 Å². The van der Waals surface area contributed by atoms with Gasteiger partial charge in [0.1, 0.15) is 0 Å². The third-order valence-corrected chi connectivity index (χ3v) is 0.512. The zero-order chi connectivity index (χ0) is 4.99. The number of hydrogen-bond donors (Lipinski definition) is 0. The molecule has 6 heavy (non-hydrogen) atoms. The molecule has 5 nitrogen and oxygen atoms in total. The molecule has 0 aliphatic rings. The first-order valence-electron chi connectivity index (χ1n) is 0.864. The van der Waals surface area contributed by atoms with Crippen molar-refractivity contribution in [3.05, 3.63) is 15.0 Å². The van der Waals surface area contributed by atoms with E-state index in [1.807, 2.05) is 0 Å². The van der Waals surface area contributed by atoms with Crippen LogP contribution in [0.15, 0.2) is 3.92 Å². The van der Waals surface area contributed by atoms with E-state index in [9.17, 15) is 0 Å². The third-order valence-electron chi connectivity index (χ3n) is 0.0866. The second kappa shape index (κ2) is 2.84. The van der Waals surface area contributed by atoms with Gasteiger partial charge in [0.05, 0.1) is 0 Å². The van der Waals surface area contributed by atoms with Crippen molar-refractivity contribution in [2.75, 3.05) is 0 Å². The van der Waals surface area contributed by atoms with Crippen molar-refractivity contribution in [3.63, 3.8) is 0 Å². The maximum absolute atomic E-state index is 9.15. The second-order valence-corrected chi connectivity index (χ2v) is 1.64. The Morgan fingerprint density at radius 1 is 1.83 bits per heavy atom. The molecule has 0 radical (unpaired) electrons. The van der Waals surface area contributed by atoms with Crippen LogP contribution in [0.1, 0.15) is 0 Å². The summed E-state index contributed by atoms with van der Waals surface area (Å²) in [5.41, 5.74) is 0. The molecule has 0 saturated carbocycles. The fourth-order valence-corrected chi connectivity index (χ4v) is 0.139. The Kier molecular flexibility index (Phi) is 2.66. The van der Waals surface area contributed by atoms with E-state index < -0.39 is 21.3 Å². The summed E-state index contributed by atoms with van der Waals surface area (Å²) in [5.74, 6) is 0. The predicted molar refractivity (Wildman–Crippen MR) is 12.8 cm³/mol. The Morgan fingerprint density at radius 3 is 2.33 bits per heavy atom. The van der Waals surface area contributed by atoms with Crippen molar-refractivity contribution < 1.29 is 21.3 Å². The maximum atomic E-state index is 9.15. The van der Waals surface area contributed by atoms with Crippen molar-refractivity contribution in [1.82, 2.24) is 0 Å². The van der Waals surface area contributed by atoms with Crippen LogP contribution >= 0.6 is 0 Å². The summed E-state index contributed by atoms with van der Waals surface area (Å²) in [4.78, 5) is 18.1. The van der Waals surface area contributed by atoms with Gasteiger partial charge in [-0.15, -0.1) is 0 Å². The zero-order valence-electron chi connectivity index (χ0n) is 2.47. The third kappa shape index (κ3) is 3.62. The fourth-order valence-electron chi connectivity index (χ4n) is 0.0236. The normalized spacial score (nSPS) is 8.00. The Labute approximate surface area is 41.0 Å². The second-order valence-electron chi connectivity index (χ2n) is 0.339. The van der Waals surface area contributed by atoms with E-state index in [1.165, 1.54) is 0 Å². The summed E-state index contributed by atoms with van der Waals surface area (Å²) in [6.45, 7) is 0. The first-order valence-corrected chi connectivity index (χ1v) is 2.42. The Balaban J connectivity index is 3.05. The Bertz CT molecular complexity index is 69.2. The van der Waals surface area contributed by atoms with Crippen LogP contribution in [0, 0.1) is 15.0 Å². The molecule has 0 aliphatic carbocycles. The van der Waals surface area contributed by atoms with Gasteiger partial charge in [-0.3, -0.25) is 0 Å². The van der Waals surface area contributed by atoms with Gasteiger partial charge in [-0.05, 0) is 0 Å². The fraction of sp³-hybridized carbons (Fsp3) is 0. The van der Waals surface area contributed by atoms with Crippen LogP contribution in [0.4, 0.5) is 0 Å². The van der Waals surface area contributed by atoms with Gasteiger partial charge in [0.2, 0.25) is 0 Å². The van der Waals surface area contributed by atoms with Crippen LogP contribution in [-0.2, 0) is 17.6 Å². The standard InChI is InChI=1S/NO2.NO.Ru/c2-1-3;1-2;/q;-1;+1. The average molecular weight is 177 g/mol. The van der Waals surface area contributed by atoms with Crippen LogP contribution < -0.4 is 0 Å². The Morgan fingerprint density at radius 2 is 2.33 bits per heavy atom. The molecule has 36 valence electrons. The Hall–Kier alpha value is -0.377. The molecule has 0 amide bonds. The van der Waals surface area contributed by atoms with E-state index in [0.29, 0.717) is 0 Å². The summed E-state index contributed by atoms with van der Waals surface area (Å²) in [5, 5.41) is 9.15. The summed E-state index contributed by atoms with van der Waals surface area (Å²) in [6, 6.07) is 0. The molecule has 0 aromatic heterocycles. The minimum atomic E-state index is -1.49. The van der Waals surface area contributed by atoms with Crippen LogP contribution in [0.3, 0.4) is 0 Å². The molecule has 0 aromatic carbocycles. The molecule has 0 aromatic rings. The van der Waals surface area contributed by atoms with Gasteiger partial charge in [0, 0.05) is 0 Å².